The fraction of sp³-hybridized carbons (Fsp3) is 0.467. The molecule has 0 unspecified atom stereocenters. The highest BCUT2D eigenvalue weighted by Gasteiger charge is 2.35. The van der Waals surface area contributed by atoms with Gasteiger partial charge in [0.15, 0.2) is 0 Å². The Bertz CT molecular complexity index is 558. The lowest BCUT2D eigenvalue weighted by molar-refractivity contribution is -0.122. The number of hydrogen-bond acceptors (Lipinski definition) is 3. The molecule has 0 atom stereocenters. The summed E-state index contributed by atoms with van der Waals surface area (Å²) in [5.41, 5.74) is 6.30. The van der Waals surface area contributed by atoms with Gasteiger partial charge in [-0.3, -0.25) is 9.59 Å². The Hall–Kier alpha value is -1.30. The van der Waals surface area contributed by atoms with E-state index in [2.05, 4.69) is 10.6 Å². The molecule has 1 aromatic carbocycles. The zero-order valence-electron chi connectivity index (χ0n) is 12.4. The fourth-order valence-corrected chi connectivity index (χ4v) is 2.84. The van der Waals surface area contributed by atoms with Crippen LogP contribution in [0.1, 0.15) is 42.5 Å². The molecule has 1 fully saturated rings. The van der Waals surface area contributed by atoms with E-state index < -0.39 is 5.54 Å². The van der Waals surface area contributed by atoms with Crippen LogP contribution in [0.15, 0.2) is 18.2 Å². The van der Waals surface area contributed by atoms with E-state index in [4.69, 9.17) is 17.3 Å². The largest absolute Gasteiger partial charge is 0.355 e. The van der Waals surface area contributed by atoms with Crippen LogP contribution in [0.4, 0.5) is 5.69 Å². The van der Waals surface area contributed by atoms with Gasteiger partial charge in [-0.2, -0.15) is 0 Å². The molecule has 0 saturated heterocycles. The number of rotatable bonds is 3. The van der Waals surface area contributed by atoms with Crippen LogP contribution in [-0.2, 0) is 4.79 Å². The molecule has 4 N–H and O–H groups in total. The number of amides is 2. The Kier molecular flexibility index (Phi) is 6.66. The van der Waals surface area contributed by atoms with Gasteiger partial charge in [-0.25, -0.2) is 0 Å². The molecule has 0 aromatic heterocycles. The molecule has 1 aliphatic carbocycles. The van der Waals surface area contributed by atoms with Gasteiger partial charge in [-0.1, -0.05) is 30.9 Å². The maximum Gasteiger partial charge on any atom is 0.252 e. The van der Waals surface area contributed by atoms with Crippen molar-refractivity contribution in [3.05, 3.63) is 28.8 Å². The monoisotopic (exact) mass is 345 g/mol. The summed E-state index contributed by atoms with van der Waals surface area (Å²) in [5, 5.41) is 5.60. The fourth-order valence-electron chi connectivity index (χ4n) is 2.58. The average Bonchev–Trinajstić information content (AvgIpc) is 2.47. The quantitative estimate of drug-likeness (QED) is 0.787. The Morgan fingerprint density at radius 2 is 1.86 bits per heavy atom. The van der Waals surface area contributed by atoms with E-state index in [-0.39, 0.29) is 24.2 Å². The summed E-state index contributed by atoms with van der Waals surface area (Å²) in [6.45, 7) is 0. The highest BCUT2D eigenvalue weighted by molar-refractivity contribution is 6.34. The van der Waals surface area contributed by atoms with E-state index >= 15 is 0 Å². The molecule has 2 amide bonds. The van der Waals surface area contributed by atoms with Gasteiger partial charge in [-0.15, -0.1) is 12.4 Å². The lowest BCUT2D eigenvalue weighted by Crippen LogP contribution is -2.52. The predicted molar refractivity (Wildman–Crippen MR) is 90.7 cm³/mol. The second kappa shape index (κ2) is 7.81. The Morgan fingerprint density at radius 1 is 1.23 bits per heavy atom. The van der Waals surface area contributed by atoms with E-state index in [9.17, 15) is 9.59 Å². The molecule has 1 aliphatic rings. The van der Waals surface area contributed by atoms with Crippen molar-refractivity contribution in [2.45, 2.75) is 37.6 Å². The highest BCUT2D eigenvalue weighted by atomic mass is 35.5. The summed E-state index contributed by atoms with van der Waals surface area (Å²) in [4.78, 5) is 23.9. The minimum atomic E-state index is -0.801. The van der Waals surface area contributed by atoms with Gasteiger partial charge in [-0.05, 0) is 31.0 Å². The first-order valence-corrected chi connectivity index (χ1v) is 7.46. The molecular weight excluding hydrogens is 325 g/mol. The molecule has 22 heavy (non-hydrogen) atoms. The Labute approximate surface area is 141 Å². The van der Waals surface area contributed by atoms with Crippen LogP contribution in [0.2, 0.25) is 5.02 Å². The number of nitrogens with two attached hydrogens (primary N) is 1. The second-order valence-electron chi connectivity index (χ2n) is 5.44. The number of nitrogens with one attached hydrogen (secondary N) is 2. The van der Waals surface area contributed by atoms with E-state index in [1.165, 1.54) is 7.05 Å². The number of carbonyl (C=O) groups is 2. The van der Waals surface area contributed by atoms with Crippen LogP contribution in [0.3, 0.4) is 0 Å². The summed E-state index contributed by atoms with van der Waals surface area (Å²) < 4.78 is 0. The van der Waals surface area contributed by atoms with Crippen LogP contribution in [0.5, 0.6) is 0 Å². The summed E-state index contributed by atoms with van der Waals surface area (Å²) in [6, 6.07) is 4.80. The van der Waals surface area contributed by atoms with Gasteiger partial charge >= 0.3 is 0 Å². The minimum Gasteiger partial charge on any atom is -0.355 e. The van der Waals surface area contributed by atoms with Crippen molar-refractivity contribution in [3.63, 3.8) is 0 Å². The van der Waals surface area contributed by atoms with Crippen molar-refractivity contribution >= 4 is 41.5 Å². The van der Waals surface area contributed by atoms with Crippen molar-refractivity contribution in [3.8, 4) is 0 Å². The number of carbonyl (C=O) groups excluding carboxylic acids is 2. The van der Waals surface area contributed by atoms with E-state index in [0.717, 1.165) is 19.3 Å². The number of halogens is 2. The zero-order chi connectivity index (χ0) is 15.5. The van der Waals surface area contributed by atoms with Crippen LogP contribution in [0.25, 0.3) is 0 Å². The smallest absolute Gasteiger partial charge is 0.252 e. The van der Waals surface area contributed by atoms with Crippen molar-refractivity contribution in [1.29, 1.82) is 0 Å². The van der Waals surface area contributed by atoms with Crippen LogP contribution in [0, 0.1) is 0 Å². The van der Waals surface area contributed by atoms with Crippen molar-refractivity contribution in [2.75, 3.05) is 12.4 Å². The van der Waals surface area contributed by atoms with Gasteiger partial charge in [0.05, 0.1) is 16.1 Å². The first-order chi connectivity index (χ1) is 9.96. The first-order valence-electron chi connectivity index (χ1n) is 7.08. The maximum absolute atomic E-state index is 12.3. The normalized spacial score (nSPS) is 16.3. The molecule has 7 heteroatoms. The lowest BCUT2D eigenvalue weighted by Gasteiger charge is -2.31. The molecule has 2 rings (SSSR count). The van der Waals surface area contributed by atoms with E-state index in [1.54, 1.807) is 18.2 Å². The van der Waals surface area contributed by atoms with Crippen LogP contribution in [-0.4, -0.2) is 24.4 Å². The van der Waals surface area contributed by atoms with Gasteiger partial charge in [0, 0.05) is 12.7 Å². The topological polar surface area (TPSA) is 84.2 Å². The maximum atomic E-state index is 12.3. The molecule has 0 radical (unpaired) electrons. The molecule has 0 spiro atoms. The SMILES string of the molecule is CNC(=O)c1ccc(NC(=O)C2(N)CCCCC2)cc1Cl.Cl. The van der Waals surface area contributed by atoms with Gasteiger partial charge in [0.2, 0.25) is 5.91 Å². The third kappa shape index (κ3) is 4.12. The van der Waals surface area contributed by atoms with Gasteiger partial charge in [0.25, 0.3) is 5.91 Å². The zero-order valence-corrected chi connectivity index (χ0v) is 14.0. The van der Waals surface area contributed by atoms with Crippen molar-refractivity contribution < 1.29 is 9.59 Å². The number of benzene rings is 1. The Balaban J connectivity index is 0.00000242. The summed E-state index contributed by atoms with van der Waals surface area (Å²) in [5.74, 6) is -0.452. The predicted octanol–water partition coefficient (Wildman–Crippen LogP) is 2.72. The summed E-state index contributed by atoms with van der Waals surface area (Å²) in [6.07, 6.45) is 4.46. The molecule has 0 heterocycles. The highest BCUT2D eigenvalue weighted by Crippen LogP contribution is 2.28. The number of hydrogen-bond donors (Lipinski definition) is 3. The second-order valence-corrected chi connectivity index (χ2v) is 5.85. The van der Waals surface area contributed by atoms with Crippen molar-refractivity contribution in [1.82, 2.24) is 5.32 Å². The van der Waals surface area contributed by atoms with Crippen LogP contribution >= 0.6 is 24.0 Å². The molecule has 1 saturated carbocycles. The number of anilines is 1. The van der Waals surface area contributed by atoms with Crippen LogP contribution < -0.4 is 16.4 Å². The van der Waals surface area contributed by atoms with E-state index in [1.807, 2.05) is 0 Å². The van der Waals surface area contributed by atoms with Gasteiger partial charge < -0.3 is 16.4 Å². The third-order valence-electron chi connectivity index (χ3n) is 3.90. The van der Waals surface area contributed by atoms with Gasteiger partial charge in [0.1, 0.15) is 0 Å². The Morgan fingerprint density at radius 3 is 2.41 bits per heavy atom. The summed E-state index contributed by atoms with van der Waals surface area (Å²) in [7, 11) is 1.54. The third-order valence-corrected chi connectivity index (χ3v) is 4.21. The lowest BCUT2D eigenvalue weighted by atomic mass is 9.82. The summed E-state index contributed by atoms with van der Waals surface area (Å²) >= 11 is 6.06. The molecule has 0 bridgehead atoms. The minimum absolute atomic E-state index is 0. The average molecular weight is 346 g/mol. The van der Waals surface area contributed by atoms with Crippen molar-refractivity contribution in [2.24, 2.45) is 5.73 Å². The molecule has 1 aromatic rings. The molecule has 122 valence electrons. The van der Waals surface area contributed by atoms with E-state index in [0.29, 0.717) is 29.1 Å². The molecule has 0 aliphatic heterocycles. The molecule has 5 nitrogen and oxygen atoms in total. The first kappa shape index (κ1) is 18.7. The molecular formula is C15H21Cl2N3O2. The standard InChI is InChI=1S/C15H20ClN3O2.ClH/c1-18-13(20)11-6-5-10(9-12(11)16)19-14(21)15(17)7-3-2-4-8-15;/h5-6,9H,2-4,7-8,17H2,1H3,(H,18,20)(H,19,21);1H.